The van der Waals surface area contributed by atoms with Crippen molar-refractivity contribution in [3.8, 4) is 0 Å². The lowest BCUT2D eigenvalue weighted by Gasteiger charge is -2.08. The summed E-state index contributed by atoms with van der Waals surface area (Å²) in [7, 11) is -3.52. The molecule has 0 saturated heterocycles. The number of halogens is 1. The van der Waals surface area contributed by atoms with Gasteiger partial charge in [0.2, 0.25) is 10.0 Å². The summed E-state index contributed by atoms with van der Waals surface area (Å²) in [6, 6.07) is 4.68. The van der Waals surface area contributed by atoms with Crippen LogP contribution in [-0.2, 0) is 16.6 Å². The fourth-order valence-corrected chi connectivity index (χ4v) is 2.97. The third kappa shape index (κ3) is 3.78. The monoisotopic (exact) mass is 314 g/mol. The molecule has 0 aliphatic heterocycles. The number of nitrogens with zero attached hydrogens (tertiary/aromatic N) is 3. The van der Waals surface area contributed by atoms with E-state index in [9.17, 15) is 8.42 Å². The summed E-state index contributed by atoms with van der Waals surface area (Å²) in [4.78, 5) is 3.99. The smallest absolute Gasteiger partial charge is 0.240 e. The van der Waals surface area contributed by atoms with Gasteiger partial charge in [0.1, 0.15) is 12.7 Å². The molecular weight excluding hydrogens is 300 g/mol. The van der Waals surface area contributed by atoms with Gasteiger partial charge >= 0.3 is 0 Å². The van der Waals surface area contributed by atoms with Crippen LogP contribution in [-0.4, -0.2) is 29.7 Å². The SMILES string of the molecule is Cc1ccc(S(=O)(=O)NCCCn2cncn2)cc1Cl. The molecule has 0 amide bonds. The lowest BCUT2D eigenvalue weighted by Crippen LogP contribution is -2.25. The van der Waals surface area contributed by atoms with Crippen LogP contribution in [0.4, 0.5) is 0 Å². The van der Waals surface area contributed by atoms with E-state index in [1.165, 1.54) is 12.4 Å². The number of nitrogens with one attached hydrogen (secondary N) is 1. The first-order valence-corrected chi connectivity index (χ1v) is 7.93. The Labute approximate surface area is 122 Å². The Morgan fingerprint density at radius 3 is 2.85 bits per heavy atom. The average molecular weight is 315 g/mol. The predicted octanol–water partition coefficient (Wildman–Crippen LogP) is 1.61. The lowest BCUT2D eigenvalue weighted by atomic mass is 10.2. The molecule has 1 N–H and O–H groups in total. The molecule has 2 rings (SSSR count). The van der Waals surface area contributed by atoms with E-state index in [1.54, 1.807) is 23.1 Å². The summed E-state index contributed by atoms with van der Waals surface area (Å²) in [5, 5.41) is 4.38. The van der Waals surface area contributed by atoms with Gasteiger partial charge < -0.3 is 0 Å². The van der Waals surface area contributed by atoms with Gasteiger partial charge in [0, 0.05) is 18.1 Å². The van der Waals surface area contributed by atoms with E-state index in [0.29, 0.717) is 24.5 Å². The minimum atomic E-state index is -3.52. The normalized spacial score (nSPS) is 11.7. The minimum Gasteiger partial charge on any atom is -0.253 e. The third-order valence-electron chi connectivity index (χ3n) is 2.78. The molecule has 1 heterocycles. The first-order valence-electron chi connectivity index (χ1n) is 6.07. The Bertz CT molecular complexity index is 671. The molecule has 1 aromatic heterocycles. The second-order valence-corrected chi connectivity index (χ2v) is 6.50. The van der Waals surface area contributed by atoms with E-state index in [2.05, 4.69) is 14.8 Å². The van der Waals surface area contributed by atoms with Crippen LogP contribution in [0.2, 0.25) is 5.02 Å². The molecule has 0 aliphatic carbocycles. The van der Waals surface area contributed by atoms with Crippen LogP contribution in [0.1, 0.15) is 12.0 Å². The zero-order valence-corrected chi connectivity index (χ0v) is 12.5. The van der Waals surface area contributed by atoms with Crippen LogP contribution in [0.25, 0.3) is 0 Å². The maximum atomic E-state index is 12.1. The third-order valence-corrected chi connectivity index (χ3v) is 4.64. The topological polar surface area (TPSA) is 76.9 Å². The van der Waals surface area contributed by atoms with E-state index in [4.69, 9.17) is 11.6 Å². The number of benzene rings is 1. The second-order valence-electron chi connectivity index (χ2n) is 4.32. The van der Waals surface area contributed by atoms with Crippen LogP contribution >= 0.6 is 11.6 Å². The van der Waals surface area contributed by atoms with Crippen molar-refractivity contribution < 1.29 is 8.42 Å². The maximum absolute atomic E-state index is 12.1. The summed E-state index contributed by atoms with van der Waals surface area (Å²) < 4.78 is 28.3. The van der Waals surface area contributed by atoms with Gasteiger partial charge in [0.05, 0.1) is 4.90 Å². The predicted molar refractivity (Wildman–Crippen MR) is 76.0 cm³/mol. The molecule has 108 valence electrons. The first kappa shape index (κ1) is 15.0. The summed E-state index contributed by atoms with van der Waals surface area (Å²) >= 11 is 5.94. The molecule has 0 spiro atoms. The number of rotatable bonds is 6. The van der Waals surface area contributed by atoms with Crippen LogP contribution in [0.5, 0.6) is 0 Å². The Morgan fingerprint density at radius 1 is 1.40 bits per heavy atom. The van der Waals surface area contributed by atoms with E-state index in [1.807, 2.05) is 6.92 Å². The highest BCUT2D eigenvalue weighted by atomic mass is 35.5. The van der Waals surface area contributed by atoms with Crippen LogP contribution in [0, 0.1) is 6.92 Å². The van der Waals surface area contributed by atoms with E-state index in [0.717, 1.165) is 5.56 Å². The van der Waals surface area contributed by atoms with Crippen LogP contribution in [0.15, 0.2) is 35.7 Å². The van der Waals surface area contributed by atoms with Crippen molar-refractivity contribution in [2.45, 2.75) is 24.8 Å². The average Bonchev–Trinajstić information content (AvgIpc) is 2.91. The number of hydrogen-bond acceptors (Lipinski definition) is 4. The Balaban J connectivity index is 1.92. The molecule has 0 aliphatic rings. The minimum absolute atomic E-state index is 0.175. The largest absolute Gasteiger partial charge is 0.253 e. The molecule has 20 heavy (non-hydrogen) atoms. The van der Waals surface area contributed by atoms with Gasteiger partial charge in [0.15, 0.2) is 0 Å². The van der Waals surface area contributed by atoms with Crippen LogP contribution < -0.4 is 4.72 Å². The molecule has 0 radical (unpaired) electrons. The van der Waals surface area contributed by atoms with Crippen molar-refractivity contribution in [2.24, 2.45) is 0 Å². The fourth-order valence-electron chi connectivity index (χ4n) is 1.62. The standard InChI is InChI=1S/C12H15ClN4O2S/c1-10-3-4-11(7-12(10)13)20(18,19)16-5-2-6-17-9-14-8-15-17/h3-4,7-9,16H,2,5-6H2,1H3. The van der Waals surface area contributed by atoms with Gasteiger partial charge in [-0.25, -0.2) is 18.1 Å². The van der Waals surface area contributed by atoms with Crippen molar-refractivity contribution in [3.05, 3.63) is 41.4 Å². The quantitative estimate of drug-likeness (QED) is 0.822. The molecule has 1 aromatic carbocycles. The number of hydrogen-bond donors (Lipinski definition) is 1. The molecule has 0 saturated carbocycles. The summed E-state index contributed by atoms with van der Waals surface area (Å²) in [6.45, 7) is 2.76. The molecule has 0 bridgehead atoms. The Hall–Kier alpha value is -1.44. The van der Waals surface area contributed by atoms with E-state index >= 15 is 0 Å². The molecule has 0 unspecified atom stereocenters. The van der Waals surface area contributed by atoms with Gasteiger partial charge in [-0.15, -0.1) is 0 Å². The van der Waals surface area contributed by atoms with Gasteiger partial charge in [-0.2, -0.15) is 5.10 Å². The summed E-state index contributed by atoms with van der Waals surface area (Å²) in [6.07, 6.45) is 3.66. The number of aryl methyl sites for hydroxylation is 2. The van der Waals surface area contributed by atoms with E-state index in [-0.39, 0.29) is 4.90 Å². The number of aromatic nitrogens is 3. The molecule has 6 nitrogen and oxygen atoms in total. The lowest BCUT2D eigenvalue weighted by molar-refractivity contribution is 0.552. The Morgan fingerprint density at radius 2 is 2.20 bits per heavy atom. The summed E-state index contributed by atoms with van der Waals surface area (Å²) in [5.41, 5.74) is 0.844. The fraction of sp³-hybridized carbons (Fsp3) is 0.333. The molecular formula is C12H15ClN4O2S. The van der Waals surface area contributed by atoms with Crippen LogP contribution in [0.3, 0.4) is 0 Å². The highest BCUT2D eigenvalue weighted by molar-refractivity contribution is 7.89. The first-order chi connectivity index (χ1) is 9.49. The molecule has 8 heteroatoms. The molecule has 2 aromatic rings. The van der Waals surface area contributed by atoms with E-state index < -0.39 is 10.0 Å². The number of sulfonamides is 1. The zero-order valence-electron chi connectivity index (χ0n) is 11.0. The highest BCUT2D eigenvalue weighted by Gasteiger charge is 2.14. The zero-order chi connectivity index (χ0) is 14.6. The van der Waals surface area contributed by atoms with Crippen molar-refractivity contribution in [1.29, 1.82) is 0 Å². The second kappa shape index (κ2) is 6.34. The van der Waals surface area contributed by atoms with Crippen molar-refractivity contribution >= 4 is 21.6 Å². The summed E-state index contributed by atoms with van der Waals surface area (Å²) in [5.74, 6) is 0. The van der Waals surface area contributed by atoms with Gasteiger partial charge in [-0.1, -0.05) is 17.7 Å². The highest BCUT2D eigenvalue weighted by Crippen LogP contribution is 2.19. The van der Waals surface area contributed by atoms with Gasteiger partial charge in [0.25, 0.3) is 0 Å². The van der Waals surface area contributed by atoms with Crippen molar-refractivity contribution in [3.63, 3.8) is 0 Å². The van der Waals surface area contributed by atoms with Crippen molar-refractivity contribution in [2.75, 3.05) is 6.54 Å². The van der Waals surface area contributed by atoms with Gasteiger partial charge in [-0.3, -0.25) is 4.68 Å². The van der Waals surface area contributed by atoms with Crippen molar-refractivity contribution in [1.82, 2.24) is 19.5 Å². The maximum Gasteiger partial charge on any atom is 0.240 e. The van der Waals surface area contributed by atoms with Gasteiger partial charge in [-0.05, 0) is 31.0 Å². The molecule has 0 atom stereocenters. The molecule has 0 fully saturated rings. The Kier molecular flexibility index (Phi) is 4.74.